The highest BCUT2D eigenvalue weighted by Gasteiger charge is 2.21. The van der Waals surface area contributed by atoms with Crippen molar-refractivity contribution in [2.75, 3.05) is 5.32 Å². The quantitative estimate of drug-likeness (QED) is 0.914. The first-order valence-corrected chi connectivity index (χ1v) is 6.98. The van der Waals surface area contributed by atoms with Gasteiger partial charge < -0.3 is 5.32 Å². The predicted molar refractivity (Wildman–Crippen MR) is 76.0 cm³/mol. The molecule has 1 aromatic heterocycles. The molecule has 0 radical (unpaired) electrons. The van der Waals surface area contributed by atoms with Gasteiger partial charge in [0.15, 0.2) is 0 Å². The van der Waals surface area contributed by atoms with E-state index in [9.17, 15) is 0 Å². The lowest BCUT2D eigenvalue weighted by molar-refractivity contribution is 0.602. The third kappa shape index (κ3) is 2.95. The first-order valence-electron chi connectivity index (χ1n) is 6.98. The molecule has 1 aliphatic rings. The van der Waals surface area contributed by atoms with E-state index in [-0.39, 0.29) is 0 Å². The molecular weight excluding hydrogens is 236 g/mol. The minimum atomic E-state index is 0.617. The highest BCUT2D eigenvalue weighted by molar-refractivity contribution is 5.52. The standard InChI is InChI=1S/C15H20N4/c1-12-6-7-14(8-12)18-15-5-3-2-4-13(15)9-19-11-16-10-17-19/h2-5,10-12,14,18H,6-9H2,1H3/t12-,14+/m0/s1. The van der Waals surface area contributed by atoms with Crippen LogP contribution in [0.25, 0.3) is 0 Å². The molecule has 1 N–H and O–H groups in total. The van der Waals surface area contributed by atoms with Crippen LogP contribution in [0.5, 0.6) is 0 Å². The Morgan fingerprint density at radius 3 is 2.95 bits per heavy atom. The van der Waals surface area contributed by atoms with Crippen molar-refractivity contribution in [3.05, 3.63) is 42.5 Å². The molecule has 2 atom stereocenters. The summed E-state index contributed by atoms with van der Waals surface area (Å²) in [6, 6.07) is 9.10. The van der Waals surface area contributed by atoms with Gasteiger partial charge in [0.25, 0.3) is 0 Å². The summed E-state index contributed by atoms with van der Waals surface area (Å²) in [7, 11) is 0. The average Bonchev–Trinajstić information content (AvgIpc) is 3.04. The highest BCUT2D eigenvalue weighted by atomic mass is 15.3. The molecule has 0 amide bonds. The molecular formula is C15H20N4. The van der Waals surface area contributed by atoms with Crippen LogP contribution < -0.4 is 5.32 Å². The van der Waals surface area contributed by atoms with E-state index in [4.69, 9.17) is 0 Å². The van der Waals surface area contributed by atoms with Crippen molar-refractivity contribution in [1.29, 1.82) is 0 Å². The van der Waals surface area contributed by atoms with Crippen molar-refractivity contribution in [3.63, 3.8) is 0 Å². The zero-order valence-corrected chi connectivity index (χ0v) is 11.3. The van der Waals surface area contributed by atoms with Crippen LogP contribution in [0.2, 0.25) is 0 Å². The van der Waals surface area contributed by atoms with Crippen molar-refractivity contribution in [1.82, 2.24) is 14.8 Å². The number of nitrogens with one attached hydrogen (secondary N) is 1. The predicted octanol–water partition coefficient (Wildman–Crippen LogP) is 2.93. The lowest BCUT2D eigenvalue weighted by Gasteiger charge is -2.17. The largest absolute Gasteiger partial charge is 0.382 e. The smallest absolute Gasteiger partial charge is 0.137 e. The summed E-state index contributed by atoms with van der Waals surface area (Å²) in [4.78, 5) is 3.99. The minimum Gasteiger partial charge on any atom is -0.382 e. The maximum atomic E-state index is 4.17. The Balaban J connectivity index is 1.73. The van der Waals surface area contributed by atoms with Crippen LogP contribution in [0.15, 0.2) is 36.9 Å². The second kappa shape index (κ2) is 5.43. The van der Waals surface area contributed by atoms with Gasteiger partial charge in [-0.2, -0.15) is 5.10 Å². The summed E-state index contributed by atoms with van der Waals surface area (Å²) >= 11 is 0. The molecule has 0 aliphatic heterocycles. The summed E-state index contributed by atoms with van der Waals surface area (Å²) in [5.41, 5.74) is 2.50. The Labute approximate surface area is 113 Å². The van der Waals surface area contributed by atoms with Gasteiger partial charge >= 0.3 is 0 Å². The summed E-state index contributed by atoms with van der Waals surface area (Å²) in [6.07, 6.45) is 7.22. The lowest BCUT2D eigenvalue weighted by atomic mass is 10.1. The third-order valence-corrected chi connectivity index (χ3v) is 3.87. The molecule has 4 nitrogen and oxygen atoms in total. The average molecular weight is 256 g/mol. The van der Waals surface area contributed by atoms with Crippen molar-refractivity contribution in [2.45, 2.75) is 38.8 Å². The fourth-order valence-electron chi connectivity index (χ4n) is 2.85. The fourth-order valence-corrected chi connectivity index (χ4v) is 2.85. The zero-order valence-electron chi connectivity index (χ0n) is 11.3. The van der Waals surface area contributed by atoms with Crippen LogP contribution >= 0.6 is 0 Å². The van der Waals surface area contributed by atoms with Crippen molar-refractivity contribution < 1.29 is 0 Å². The number of hydrogen-bond acceptors (Lipinski definition) is 3. The van der Waals surface area contributed by atoms with Gasteiger partial charge in [-0.3, -0.25) is 0 Å². The van der Waals surface area contributed by atoms with E-state index in [1.807, 2.05) is 4.68 Å². The topological polar surface area (TPSA) is 42.7 Å². The summed E-state index contributed by atoms with van der Waals surface area (Å²) in [5.74, 6) is 0.847. The molecule has 100 valence electrons. The molecule has 1 heterocycles. The van der Waals surface area contributed by atoms with Crippen LogP contribution in [-0.2, 0) is 6.54 Å². The maximum absolute atomic E-state index is 4.17. The van der Waals surface area contributed by atoms with Crippen molar-refractivity contribution in [3.8, 4) is 0 Å². The Kier molecular flexibility index (Phi) is 3.49. The maximum Gasteiger partial charge on any atom is 0.137 e. The van der Waals surface area contributed by atoms with Gasteiger partial charge in [-0.25, -0.2) is 9.67 Å². The van der Waals surface area contributed by atoms with Crippen molar-refractivity contribution in [2.24, 2.45) is 5.92 Å². The molecule has 1 aliphatic carbocycles. The summed E-state index contributed by atoms with van der Waals surface area (Å²) in [6.45, 7) is 3.11. The van der Waals surface area contributed by atoms with Gasteiger partial charge in [-0.15, -0.1) is 0 Å². The SMILES string of the molecule is C[C@H]1CC[C@@H](Nc2ccccc2Cn2cncn2)C1. The van der Waals surface area contributed by atoms with E-state index < -0.39 is 0 Å². The molecule has 3 rings (SSSR count). The number of para-hydroxylation sites is 1. The number of hydrogen-bond donors (Lipinski definition) is 1. The first kappa shape index (κ1) is 12.2. The Bertz CT molecular complexity index is 521. The second-order valence-corrected chi connectivity index (χ2v) is 5.51. The van der Waals surface area contributed by atoms with E-state index in [2.05, 4.69) is 46.6 Å². The molecule has 1 aromatic carbocycles. The molecule has 0 bridgehead atoms. The fraction of sp³-hybridized carbons (Fsp3) is 0.467. The molecule has 0 saturated heterocycles. The van der Waals surface area contributed by atoms with Gasteiger partial charge in [0.1, 0.15) is 12.7 Å². The molecule has 4 heteroatoms. The first-order chi connectivity index (χ1) is 9.31. The number of aromatic nitrogens is 3. The number of rotatable bonds is 4. The van der Waals surface area contributed by atoms with E-state index in [0.29, 0.717) is 6.04 Å². The number of benzene rings is 1. The van der Waals surface area contributed by atoms with E-state index >= 15 is 0 Å². The van der Waals surface area contributed by atoms with Gasteiger partial charge in [0.2, 0.25) is 0 Å². The molecule has 1 saturated carbocycles. The molecule has 1 fully saturated rings. The lowest BCUT2D eigenvalue weighted by Crippen LogP contribution is -2.17. The van der Waals surface area contributed by atoms with Crippen molar-refractivity contribution >= 4 is 5.69 Å². The number of nitrogens with zero attached hydrogens (tertiary/aromatic N) is 3. The number of anilines is 1. The van der Waals surface area contributed by atoms with Crippen LogP contribution in [0.3, 0.4) is 0 Å². The molecule has 0 spiro atoms. The zero-order chi connectivity index (χ0) is 13.1. The van der Waals surface area contributed by atoms with Gasteiger partial charge in [0.05, 0.1) is 6.54 Å². The molecule has 19 heavy (non-hydrogen) atoms. The van der Waals surface area contributed by atoms with Gasteiger partial charge in [-0.1, -0.05) is 25.1 Å². The summed E-state index contributed by atoms with van der Waals surface area (Å²) < 4.78 is 1.86. The Hall–Kier alpha value is -1.84. The van der Waals surface area contributed by atoms with E-state index in [0.717, 1.165) is 12.5 Å². The molecule has 0 unspecified atom stereocenters. The van der Waals surface area contributed by atoms with Crippen LogP contribution in [0, 0.1) is 5.92 Å². The van der Waals surface area contributed by atoms with Gasteiger partial charge in [-0.05, 0) is 36.8 Å². The third-order valence-electron chi connectivity index (χ3n) is 3.87. The van der Waals surface area contributed by atoms with Crippen LogP contribution in [0.4, 0.5) is 5.69 Å². The Morgan fingerprint density at radius 2 is 2.21 bits per heavy atom. The van der Waals surface area contributed by atoms with E-state index in [1.165, 1.54) is 30.5 Å². The normalized spacial score (nSPS) is 22.6. The minimum absolute atomic E-state index is 0.617. The van der Waals surface area contributed by atoms with Crippen LogP contribution in [-0.4, -0.2) is 20.8 Å². The summed E-state index contributed by atoms with van der Waals surface area (Å²) in [5, 5.41) is 7.87. The monoisotopic (exact) mass is 256 g/mol. The van der Waals surface area contributed by atoms with Gasteiger partial charge in [0, 0.05) is 11.7 Å². The van der Waals surface area contributed by atoms with Crippen LogP contribution in [0.1, 0.15) is 31.7 Å². The molecule has 2 aromatic rings. The highest BCUT2D eigenvalue weighted by Crippen LogP contribution is 2.28. The second-order valence-electron chi connectivity index (χ2n) is 5.51. The van der Waals surface area contributed by atoms with E-state index in [1.54, 1.807) is 12.7 Å². The Morgan fingerprint density at radius 1 is 1.32 bits per heavy atom.